The number of benzene rings is 2. The summed E-state index contributed by atoms with van der Waals surface area (Å²) in [6.45, 7) is 6.61. The summed E-state index contributed by atoms with van der Waals surface area (Å²) in [5, 5.41) is 19.0. The van der Waals surface area contributed by atoms with Crippen molar-refractivity contribution < 1.29 is 14.2 Å². The number of aromatic nitrogens is 4. The lowest BCUT2D eigenvalue weighted by Crippen LogP contribution is -2.21. The fourth-order valence-corrected chi connectivity index (χ4v) is 4.30. The minimum Gasteiger partial charge on any atom is -0.491 e. The van der Waals surface area contributed by atoms with Crippen molar-refractivity contribution in [3.63, 3.8) is 0 Å². The van der Waals surface area contributed by atoms with Crippen molar-refractivity contribution in [2.75, 3.05) is 18.1 Å². The van der Waals surface area contributed by atoms with Gasteiger partial charge in [-0.15, -0.1) is 10.2 Å². The van der Waals surface area contributed by atoms with Crippen LogP contribution in [0.5, 0.6) is 5.75 Å². The van der Waals surface area contributed by atoms with E-state index in [4.69, 9.17) is 9.72 Å². The Balaban J connectivity index is 1.71. The molecule has 4 aromatic rings. The first-order valence-corrected chi connectivity index (χ1v) is 10.9. The van der Waals surface area contributed by atoms with Crippen LogP contribution in [0.15, 0.2) is 36.4 Å². The SMILES string of the molecule is Cc1nnc2nc(N3CCCOc4c(CCC(C)(C)O)cccc43)c3c(F)cccc3n12. The second-order valence-electron chi connectivity index (χ2n) is 8.88. The third-order valence-electron chi connectivity index (χ3n) is 5.87. The Labute approximate surface area is 185 Å². The van der Waals surface area contributed by atoms with Crippen molar-refractivity contribution in [3.05, 3.63) is 53.6 Å². The summed E-state index contributed by atoms with van der Waals surface area (Å²) >= 11 is 0. The number of fused-ring (bicyclic) bond motifs is 4. The van der Waals surface area contributed by atoms with Crippen LogP contribution in [0.1, 0.15) is 38.1 Å². The van der Waals surface area contributed by atoms with E-state index in [9.17, 15) is 5.11 Å². The molecule has 1 N–H and O–H groups in total. The molecular formula is C24H26FN5O2. The van der Waals surface area contributed by atoms with Gasteiger partial charge in [0.15, 0.2) is 0 Å². The number of nitrogens with zero attached hydrogens (tertiary/aromatic N) is 5. The predicted octanol–water partition coefficient (Wildman–Crippen LogP) is 4.35. The maximum Gasteiger partial charge on any atom is 0.257 e. The molecule has 3 heterocycles. The summed E-state index contributed by atoms with van der Waals surface area (Å²) in [6.07, 6.45) is 2.03. The average molecular weight is 436 g/mol. The summed E-state index contributed by atoms with van der Waals surface area (Å²) in [6, 6.07) is 11.0. The molecule has 0 aliphatic carbocycles. The molecule has 2 aromatic heterocycles. The van der Waals surface area contributed by atoms with Crippen molar-refractivity contribution in [1.82, 2.24) is 19.6 Å². The van der Waals surface area contributed by atoms with E-state index in [0.29, 0.717) is 54.3 Å². The first-order chi connectivity index (χ1) is 15.3. The number of para-hydroxylation sites is 1. The molecule has 2 aromatic carbocycles. The zero-order chi connectivity index (χ0) is 22.5. The third kappa shape index (κ3) is 3.54. The highest BCUT2D eigenvalue weighted by Crippen LogP contribution is 2.41. The molecule has 0 amide bonds. The molecule has 7 nitrogen and oxygen atoms in total. The monoisotopic (exact) mass is 435 g/mol. The van der Waals surface area contributed by atoms with Gasteiger partial charge in [0.2, 0.25) is 0 Å². The van der Waals surface area contributed by atoms with Crippen molar-refractivity contribution in [1.29, 1.82) is 0 Å². The Bertz CT molecular complexity index is 1310. The van der Waals surface area contributed by atoms with Crippen molar-refractivity contribution in [2.24, 2.45) is 0 Å². The van der Waals surface area contributed by atoms with Crippen molar-refractivity contribution in [3.8, 4) is 5.75 Å². The van der Waals surface area contributed by atoms with Crippen LogP contribution in [0.25, 0.3) is 16.7 Å². The lowest BCUT2D eigenvalue weighted by Gasteiger charge is -2.26. The van der Waals surface area contributed by atoms with Gasteiger partial charge in [-0.25, -0.2) is 4.39 Å². The summed E-state index contributed by atoms with van der Waals surface area (Å²) in [4.78, 5) is 6.76. The number of ether oxygens (including phenoxy) is 1. The molecule has 0 saturated heterocycles. The molecule has 0 fully saturated rings. The van der Waals surface area contributed by atoms with E-state index in [1.807, 2.05) is 36.1 Å². The molecule has 1 aliphatic heterocycles. The van der Waals surface area contributed by atoms with E-state index in [2.05, 4.69) is 10.2 Å². The van der Waals surface area contributed by atoms with Crippen LogP contribution in [0, 0.1) is 12.7 Å². The number of anilines is 2. The van der Waals surface area contributed by atoms with E-state index >= 15 is 4.39 Å². The van der Waals surface area contributed by atoms with Crippen LogP contribution in [-0.2, 0) is 6.42 Å². The zero-order valence-electron chi connectivity index (χ0n) is 18.5. The van der Waals surface area contributed by atoms with Gasteiger partial charge in [-0.2, -0.15) is 4.98 Å². The van der Waals surface area contributed by atoms with Gasteiger partial charge >= 0.3 is 0 Å². The summed E-state index contributed by atoms with van der Waals surface area (Å²) < 4.78 is 23.1. The summed E-state index contributed by atoms with van der Waals surface area (Å²) in [5.41, 5.74) is 1.76. The lowest BCUT2D eigenvalue weighted by atomic mass is 9.98. The Morgan fingerprint density at radius 2 is 1.97 bits per heavy atom. The first-order valence-electron chi connectivity index (χ1n) is 10.9. The maximum absolute atomic E-state index is 15.2. The zero-order valence-corrected chi connectivity index (χ0v) is 18.5. The first kappa shape index (κ1) is 20.6. The van der Waals surface area contributed by atoms with Gasteiger partial charge in [-0.1, -0.05) is 18.2 Å². The molecule has 0 unspecified atom stereocenters. The second kappa shape index (κ2) is 7.70. The van der Waals surface area contributed by atoms with E-state index in [0.717, 1.165) is 23.4 Å². The van der Waals surface area contributed by atoms with Crippen LogP contribution in [0.4, 0.5) is 15.9 Å². The second-order valence-corrected chi connectivity index (χ2v) is 8.88. The molecule has 1 aliphatic rings. The Morgan fingerprint density at radius 3 is 2.78 bits per heavy atom. The Morgan fingerprint density at radius 1 is 1.16 bits per heavy atom. The minimum absolute atomic E-state index is 0.343. The highest BCUT2D eigenvalue weighted by Gasteiger charge is 2.26. The summed E-state index contributed by atoms with van der Waals surface area (Å²) in [5.74, 6) is 2.01. The van der Waals surface area contributed by atoms with Crippen LogP contribution >= 0.6 is 0 Å². The number of hydrogen-bond donors (Lipinski definition) is 1. The number of halogens is 1. The lowest BCUT2D eigenvalue weighted by molar-refractivity contribution is 0.0712. The number of rotatable bonds is 4. The predicted molar refractivity (Wildman–Crippen MR) is 121 cm³/mol. The van der Waals surface area contributed by atoms with Gasteiger partial charge in [0.25, 0.3) is 5.78 Å². The van der Waals surface area contributed by atoms with Crippen LogP contribution in [-0.4, -0.2) is 43.4 Å². The molecule has 0 radical (unpaired) electrons. The van der Waals surface area contributed by atoms with Crippen LogP contribution < -0.4 is 9.64 Å². The molecule has 0 bridgehead atoms. The highest BCUT2D eigenvalue weighted by molar-refractivity contribution is 5.94. The third-order valence-corrected chi connectivity index (χ3v) is 5.87. The largest absolute Gasteiger partial charge is 0.491 e. The minimum atomic E-state index is -0.773. The van der Waals surface area contributed by atoms with Gasteiger partial charge in [0.05, 0.1) is 28.8 Å². The van der Waals surface area contributed by atoms with E-state index in [-0.39, 0.29) is 5.82 Å². The van der Waals surface area contributed by atoms with Gasteiger partial charge in [-0.05, 0) is 63.8 Å². The standard InChI is InChI=1S/C24H26FN5O2/c1-15-27-28-23-26-22(20-17(25)8-5-9-18(20)30(15)23)29-13-6-14-32-21-16(7-4-10-19(21)29)11-12-24(2,3)31/h4-5,7-10,31H,6,11-14H2,1-3H3. The highest BCUT2D eigenvalue weighted by atomic mass is 19.1. The fraction of sp³-hybridized carbons (Fsp3) is 0.375. The van der Waals surface area contributed by atoms with Crippen molar-refractivity contribution >= 4 is 28.2 Å². The van der Waals surface area contributed by atoms with Crippen LogP contribution in [0.2, 0.25) is 0 Å². The molecular weight excluding hydrogens is 409 g/mol. The normalized spacial score (nSPS) is 14.5. The Hall–Kier alpha value is -3.26. The van der Waals surface area contributed by atoms with Crippen LogP contribution in [0.3, 0.4) is 0 Å². The summed E-state index contributed by atoms with van der Waals surface area (Å²) in [7, 11) is 0. The quantitative estimate of drug-likeness (QED) is 0.514. The molecule has 166 valence electrons. The number of aryl methyl sites for hydroxylation is 2. The van der Waals surface area contributed by atoms with E-state index < -0.39 is 5.60 Å². The molecule has 32 heavy (non-hydrogen) atoms. The van der Waals surface area contributed by atoms with Gasteiger partial charge < -0.3 is 14.7 Å². The number of hydrogen-bond acceptors (Lipinski definition) is 6. The van der Waals surface area contributed by atoms with Crippen molar-refractivity contribution in [2.45, 2.75) is 45.6 Å². The van der Waals surface area contributed by atoms with Gasteiger partial charge in [0, 0.05) is 6.54 Å². The molecule has 0 spiro atoms. The molecule has 0 atom stereocenters. The van der Waals surface area contributed by atoms with Gasteiger partial charge in [-0.3, -0.25) is 4.40 Å². The smallest absolute Gasteiger partial charge is 0.257 e. The fourth-order valence-electron chi connectivity index (χ4n) is 4.30. The molecule has 0 saturated carbocycles. The maximum atomic E-state index is 15.2. The van der Waals surface area contributed by atoms with E-state index in [1.165, 1.54) is 6.07 Å². The average Bonchev–Trinajstić information content (AvgIpc) is 2.99. The number of aliphatic hydroxyl groups is 1. The topological polar surface area (TPSA) is 75.8 Å². The van der Waals surface area contributed by atoms with Gasteiger partial charge in [0.1, 0.15) is 23.2 Å². The molecule has 5 rings (SSSR count). The Kier molecular flexibility index (Phi) is 4.97. The molecule has 8 heteroatoms. The van der Waals surface area contributed by atoms with E-state index in [1.54, 1.807) is 24.3 Å².